The third-order valence-corrected chi connectivity index (χ3v) is 3.73. The molecular formula is C13H17BrO. The number of hydrogen-bond acceptors (Lipinski definition) is 1. The van der Waals surface area contributed by atoms with Gasteiger partial charge < -0.3 is 5.11 Å². The molecule has 1 atom stereocenters. The number of halogens is 1. The van der Waals surface area contributed by atoms with E-state index >= 15 is 0 Å². The van der Waals surface area contributed by atoms with E-state index in [9.17, 15) is 5.11 Å². The van der Waals surface area contributed by atoms with Crippen LogP contribution in [0.5, 0.6) is 0 Å². The lowest BCUT2D eigenvalue weighted by molar-refractivity contribution is 0.0439. The van der Waals surface area contributed by atoms with Gasteiger partial charge in [-0.3, -0.25) is 0 Å². The Balaban J connectivity index is 2.02. The van der Waals surface area contributed by atoms with Crippen molar-refractivity contribution in [1.29, 1.82) is 0 Å². The molecule has 0 saturated heterocycles. The molecule has 1 nitrogen and oxygen atoms in total. The molecule has 1 aromatic rings. The summed E-state index contributed by atoms with van der Waals surface area (Å²) in [6.45, 7) is 1.92. The Morgan fingerprint density at radius 3 is 2.47 bits per heavy atom. The molecule has 1 fully saturated rings. The highest BCUT2D eigenvalue weighted by Crippen LogP contribution is 2.37. The van der Waals surface area contributed by atoms with E-state index < -0.39 is 5.60 Å². The Bertz CT molecular complexity index is 325. The maximum absolute atomic E-state index is 10.3. The van der Waals surface area contributed by atoms with Crippen LogP contribution in [-0.2, 0) is 5.60 Å². The molecular weight excluding hydrogens is 252 g/mol. The first kappa shape index (κ1) is 11.2. The molecule has 1 saturated carbocycles. The third kappa shape index (κ3) is 3.05. The minimum Gasteiger partial charge on any atom is -0.385 e. The van der Waals surface area contributed by atoms with E-state index in [4.69, 9.17) is 0 Å². The Hall–Kier alpha value is -0.340. The zero-order valence-electron chi connectivity index (χ0n) is 9.04. The molecule has 1 aliphatic rings. The lowest BCUT2D eigenvalue weighted by atomic mass is 9.90. The first-order valence-electron chi connectivity index (χ1n) is 5.56. The van der Waals surface area contributed by atoms with Gasteiger partial charge in [0.1, 0.15) is 0 Å². The first-order valence-corrected chi connectivity index (χ1v) is 6.36. The average Bonchev–Trinajstić information content (AvgIpc) is 2.99. The van der Waals surface area contributed by atoms with E-state index in [0.717, 1.165) is 28.8 Å². The van der Waals surface area contributed by atoms with Crippen LogP contribution in [0, 0.1) is 5.92 Å². The van der Waals surface area contributed by atoms with E-state index in [1.807, 2.05) is 31.2 Å². The molecule has 2 rings (SSSR count). The fraction of sp³-hybridized carbons (Fsp3) is 0.538. The quantitative estimate of drug-likeness (QED) is 0.880. The summed E-state index contributed by atoms with van der Waals surface area (Å²) >= 11 is 3.40. The van der Waals surface area contributed by atoms with E-state index in [2.05, 4.69) is 15.9 Å². The molecule has 82 valence electrons. The summed E-state index contributed by atoms with van der Waals surface area (Å²) in [5.41, 5.74) is 0.356. The van der Waals surface area contributed by atoms with Crippen molar-refractivity contribution in [2.75, 3.05) is 0 Å². The van der Waals surface area contributed by atoms with Gasteiger partial charge in [-0.2, -0.15) is 0 Å². The van der Waals surface area contributed by atoms with E-state index in [0.29, 0.717) is 0 Å². The van der Waals surface area contributed by atoms with Crippen molar-refractivity contribution >= 4 is 15.9 Å². The molecule has 0 aromatic heterocycles. The SMILES string of the molecule is CC(O)(CCC1CC1)c1ccc(Br)cc1. The van der Waals surface area contributed by atoms with Gasteiger partial charge in [-0.1, -0.05) is 40.9 Å². The van der Waals surface area contributed by atoms with Gasteiger partial charge in [0.2, 0.25) is 0 Å². The fourth-order valence-electron chi connectivity index (χ4n) is 1.84. The highest BCUT2D eigenvalue weighted by atomic mass is 79.9. The van der Waals surface area contributed by atoms with Crippen molar-refractivity contribution in [2.24, 2.45) is 5.92 Å². The van der Waals surface area contributed by atoms with Crippen LogP contribution in [0.25, 0.3) is 0 Å². The lowest BCUT2D eigenvalue weighted by Gasteiger charge is -2.23. The van der Waals surface area contributed by atoms with Crippen LogP contribution < -0.4 is 0 Å². The van der Waals surface area contributed by atoms with Gasteiger partial charge in [-0.25, -0.2) is 0 Å². The maximum Gasteiger partial charge on any atom is 0.0868 e. The molecule has 1 aliphatic carbocycles. The van der Waals surface area contributed by atoms with Crippen molar-refractivity contribution in [1.82, 2.24) is 0 Å². The summed E-state index contributed by atoms with van der Waals surface area (Å²) in [6, 6.07) is 7.97. The van der Waals surface area contributed by atoms with Gasteiger partial charge >= 0.3 is 0 Å². The van der Waals surface area contributed by atoms with E-state index in [1.165, 1.54) is 12.8 Å². The summed E-state index contributed by atoms with van der Waals surface area (Å²) in [6.07, 6.45) is 4.75. The van der Waals surface area contributed by atoms with E-state index in [1.54, 1.807) is 0 Å². The van der Waals surface area contributed by atoms with Gasteiger partial charge in [0, 0.05) is 4.47 Å². The third-order valence-electron chi connectivity index (χ3n) is 3.20. The van der Waals surface area contributed by atoms with Crippen LogP contribution in [0.4, 0.5) is 0 Å². The van der Waals surface area contributed by atoms with Crippen LogP contribution in [-0.4, -0.2) is 5.11 Å². The highest BCUT2D eigenvalue weighted by Gasteiger charge is 2.28. The standard InChI is InChI=1S/C13H17BrO/c1-13(15,9-8-10-2-3-10)11-4-6-12(14)7-5-11/h4-7,10,15H,2-3,8-9H2,1H3. The highest BCUT2D eigenvalue weighted by molar-refractivity contribution is 9.10. The number of rotatable bonds is 4. The molecule has 0 bridgehead atoms. The smallest absolute Gasteiger partial charge is 0.0868 e. The molecule has 15 heavy (non-hydrogen) atoms. The molecule has 1 unspecified atom stereocenters. The minimum atomic E-state index is -0.663. The van der Waals surface area contributed by atoms with Crippen molar-refractivity contribution in [3.8, 4) is 0 Å². The molecule has 0 amide bonds. The molecule has 0 spiro atoms. The predicted molar refractivity (Wildman–Crippen MR) is 65.7 cm³/mol. The predicted octanol–water partition coefficient (Wildman–Crippen LogP) is 3.85. The zero-order chi connectivity index (χ0) is 10.9. The summed E-state index contributed by atoms with van der Waals surface area (Å²) < 4.78 is 1.06. The van der Waals surface area contributed by atoms with Gasteiger partial charge in [-0.15, -0.1) is 0 Å². The second-order valence-electron chi connectivity index (χ2n) is 4.76. The molecule has 1 aromatic carbocycles. The molecule has 0 radical (unpaired) electrons. The summed E-state index contributed by atoms with van der Waals surface area (Å²) in [5, 5.41) is 10.3. The van der Waals surface area contributed by atoms with E-state index in [-0.39, 0.29) is 0 Å². The zero-order valence-corrected chi connectivity index (χ0v) is 10.6. The summed E-state index contributed by atoms with van der Waals surface area (Å²) in [4.78, 5) is 0. The van der Waals surface area contributed by atoms with Gasteiger partial charge in [-0.05, 0) is 43.4 Å². The Kier molecular flexibility index (Phi) is 3.17. The minimum absolute atomic E-state index is 0.663. The monoisotopic (exact) mass is 268 g/mol. The number of hydrogen-bond donors (Lipinski definition) is 1. The van der Waals surface area contributed by atoms with Crippen LogP contribution in [0.15, 0.2) is 28.7 Å². The summed E-state index contributed by atoms with van der Waals surface area (Å²) in [7, 11) is 0. The van der Waals surface area contributed by atoms with Crippen LogP contribution in [0.2, 0.25) is 0 Å². The fourth-order valence-corrected chi connectivity index (χ4v) is 2.11. The summed E-state index contributed by atoms with van der Waals surface area (Å²) in [5.74, 6) is 0.881. The maximum atomic E-state index is 10.3. The van der Waals surface area contributed by atoms with Crippen molar-refractivity contribution < 1.29 is 5.11 Å². The van der Waals surface area contributed by atoms with Crippen molar-refractivity contribution in [3.63, 3.8) is 0 Å². The largest absolute Gasteiger partial charge is 0.385 e. The van der Waals surface area contributed by atoms with Crippen LogP contribution >= 0.6 is 15.9 Å². The van der Waals surface area contributed by atoms with Crippen LogP contribution in [0.3, 0.4) is 0 Å². The van der Waals surface area contributed by atoms with Gasteiger partial charge in [0.15, 0.2) is 0 Å². The van der Waals surface area contributed by atoms with Gasteiger partial charge in [0.05, 0.1) is 5.60 Å². The second kappa shape index (κ2) is 4.26. The Morgan fingerprint density at radius 1 is 1.33 bits per heavy atom. The van der Waals surface area contributed by atoms with Crippen molar-refractivity contribution in [3.05, 3.63) is 34.3 Å². The van der Waals surface area contributed by atoms with Gasteiger partial charge in [0.25, 0.3) is 0 Å². The second-order valence-corrected chi connectivity index (χ2v) is 5.68. The Morgan fingerprint density at radius 2 is 1.93 bits per heavy atom. The normalized spacial score (nSPS) is 19.9. The van der Waals surface area contributed by atoms with Crippen LogP contribution in [0.1, 0.15) is 38.2 Å². The lowest BCUT2D eigenvalue weighted by Crippen LogP contribution is -2.21. The van der Waals surface area contributed by atoms with Crippen molar-refractivity contribution in [2.45, 2.75) is 38.2 Å². The molecule has 1 N–H and O–H groups in total. The topological polar surface area (TPSA) is 20.2 Å². The molecule has 0 aliphatic heterocycles. The average molecular weight is 269 g/mol. The number of aliphatic hydroxyl groups is 1. The Labute approximate surface area is 99.6 Å². The molecule has 2 heteroatoms. The first-order chi connectivity index (χ1) is 7.08. The number of benzene rings is 1. The molecule has 0 heterocycles.